The van der Waals surface area contributed by atoms with Crippen molar-refractivity contribution >= 4 is 5.96 Å². The first-order chi connectivity index (χ1) is 7.08. The summed E-state index contributed by atoms with van der Waals surface area (Å²) in [6, 6.07) is 5.92. The van der Waals surface area contributed by atoms with Crippen LogP contribution in [0.3, 0.4) is 0 Å². The average Bonchev–Trinajstić information content (AvgIpc) is 2.15. The van der Waals surface area contributed by atoms with Gasteiger partial charge in [0.25, 0.3) is 0 Å². The van der Waals surface area contributed by atoms with Crippen LogP contribution in [0.4, 0.5) is 4.39 Å². The van der Waals surface area contributed by atoms with Gasteiger partial charge in [0.15, 0.2) is 5.96 Å². The van der Waals surface area contributed by atoms with Crippen LogP contribution in [0.2, 0.25) is 0 Å². The van der Waals surface area contributed by atoms with Gasteiger partial charge in [0.1, 0.15) is 17.7 Å². The molecule has 0 aliphatic rings. The minimum Gasteiger partial charge on any atom is -0.489 e. The SMILES string of the molecule is CC(CN=C(N)N)Oc1cccc(F)c1. The highest BCUT2D eigenvalue weighted by Gasteiger charge is 2.03. The second-order valence-electron chi connectivity index (χ2n) is 3.15. The van der Waals surface area contributed by atoms with Crippen molar-refractivity contribution in [3.63, 3.8) is 0 Å². The molecule has 0 amide bonds. The van der Waals surface area contributed by atoms with Gasteiger partial charge < -0.3 is 16.2 Å². The van der Waals surface area contributed by atoms with Crippen molar-refractivity contribution < 1.29 is 9.13 Å². The first-order valence-electron chi connectivity index (χ1n) is 4.55. The number of hydrogen-bond acceptors (Lipinski definition) is 2. The zero-order valence-electron chi connectivity index (χ0n) is 8.48. The molecule has 0 saturated carbocycles. The van der Waals surface area contributed by atoms with E-state index in [1.54, 1.807) is 19.1 Å². The molecule has 5 heteroatoms. The van der Waals surface area contributed by atoms with Gasteiger partial charge in [0, 0.05) is 6.07 Å². The van der Waals surface area contributed by atoms with Crippen LogP contribution < -0.4 is 16.2 Å². The molecule has 0 aliphatic carbocycles. The Morgan fingerprint density at radius 3 is 2.87 bits per heavy atom. The third-order valence-electron chi connectivity index (χ3n) is 1.66. The van der Waals surface area contributed by atoms with E-state index in [2.05, 4.69) is 4.99 Å². The Morgan fingerprint density at radius 2 is 2.27 bits per heavy atom. The van der Waals surface area contributed by atoms with Gasteiger partial charge in [-0.3, -0.25) is 0 Å². The molecule has 15 heavy (non-hydrogen) atoms. The smallest absolute Gasteiger partial charge is 0.186 e. The minimum atomic E-state index is -0.332. The van der Waals surface area contributed by atoms with E-state index >= 15 is 0 Å². The lowest BCUT2D eigenvalue weighted by Crippen LogP contribution is -2.26. The Kier molecular flexibility index (Phi) is 3.91. The molecule has 0 radical (unpaired) electrons. The molecule has 1 aromatic carbocycles. The molecule has 0 bridgehead atoms. The zero-order chi connectivity index (χ0) is 11.3. The first kappa shape index (κ1) is 11.3. The van der Waals surface area contributed by atoms with Crippen molar-refractivity contribution in [1.82, 2.24) is 0 Å². The lowest BCUT2D eigenvalue weighted by molar-refractivity contribution is 0.229. The van der Waals surface area contributed by atoms with E-state index in [4.69, 9.17) is 16.2 Å². The maximum atomic E-state index is 12.8. The maximum Gasteiger partial charge on any atom is 0.186 e. The summed E-state index contributed by atoms with van der Waals surface area (Å²) in [4.78, 5) is 3.80. The van der Waals surface area contributed by atoms with Crippen molar-refractivity contribution in [2.75, 3.05) is 6.54 Å². The molecule has 4 N–H and O–H groups in total. The van der Waals surface area contributed by atoms with Crippen molar-refractivity contribution in [2.45, 2.75) is 13.0 Å². The van der Waals surface area contributed by atoms with E-state index in [0.717, 1.165) is 0 Å². The molecule has 1 unspecified atom stereocenters. The average molecular weight is 211 g/mol. The molecule has 4 nitrogen and oxygen atoms in total. The van der Waals surface area contributed by atoms with Crippen LogP contribution in [0.25, 0.3) is 0 Å². The summed E-state index contributed by atoms with van der Waals surface area (Å²) in [5.41, 5.74) is 10.3. The second kappa shape index (κ2) is 5.19. The summed E-state index contributed by atoms with van der Waals surface area (Å²) in [6.07, 6.45) is -0.200. The van der Waals surface area contributed by atoms with Crippen molar-refractivity contribution in [3.05, 3.63) is 30.1 Å². The monoisotopic (exact) mass is 211 g/mol. The van der Waals surface area contributed by atoms with Crippen LogP contribution in [0.5, 0.6) is 5.75 Å². The highest BCUT2D eigenvalue weighted by molar-refractivity contribution is 5.75. The Labute approximate surface area is 87.7 Å². The molecule has 82 valence electrons. The molecule has 1 atom stereocenters. The number of guanidine groups is 1. The van der Waals surface area contributed by atoms with Gasteiger partial charge >= 0.3 is 0 Å². The second-order valence-corrected chi connectivity index (χ2v) is 3.15. The molecule has 0 saturated heterocycles. The van der Waals surface area contributed by atoms with Gasteiger partial charge in [-0.25, -0.2) is 9.38 Å². The standard InChI is InChI=1S/C10H14FN3O/c1-7(6-14-10(12)13)15-9-4-2-3-8(11)5-9/h2-5,7H,6H2,1H3,(H4,12,13,14). The van der Waals surface area contributed by atoms with E-state index in [-0.39, 0.29) is 17.9 Å². The summed E-state index contributed by atoms with van der Waals surface area (Å²) < 4.78 is 18.2. The van der Waals surface area contributed by atoms with E-state index in [9.17, 15) is 4.39 Å². The number of hydrogen-bond donors (Lipinski definition) is 2. The van der Waals surface area contributed by atoms with E-state index < -0.39 is 0 Å². The molecule has 1 aromatic rings. The third kappa shape index (κ3) is 4.30. The zero-order valence-corrected chi connectivity index (χ0v) is 8.48. The lowest BCUT2D eigenvalue weighted by atomic mass is 10.3. The van der Waals surface area contributed by atoms with Crippen LogP contribution in [0.1, 0.15) is 6.92 Å². The van der Waals surface area contributed by atoms with Crippen molar-refractivity contribution in [3.8, 4) is 5.75 Å². The Hall–Kier alpha value is -1.78. The number of aliphatic imine (C=N–C) groups is 1. The summed E-state index contributed by atoms with van der Waals surface area (Å²) in [7, 11) is 0. The summed E-state index contributed by atoms with van der Waals surface area (Å²) in [5, 5.41) is 0. The summed E-state index contributed by atoms with van der Waals surface area (Å²) in [6.45, 7) is 2.15. The van der Waals surface area contributed by atoms with Crippen molar-refractivity contribution in [1.29, 1.82) is 0 Å². The largest absolute Gasteiger partial charge is 0.489 e. The van der Waals surface area contributed by atoms with Gasteiger partial charge in [-0.2, -0.15) is 0 Å². The van der Waals surface area contributed by atoms with Crippen LogP contribution in [0, 0.1) is 5.82 Å². The van der Waals surface area contributed by atoms with Gasteiger partial charge in [-0.05, 0) is 19.1 Å². The lowest BCUT2D eigenvalue weighted by Gasteiger charge is -2.12. The van der Waals surface area contributed by atoms with Gasteiger partial charge in [-0.1, -0.05) is 6.07 Å². The summed E-state index contributed by atoms with van der Waals surface area (Å²) >= 11 is 0. The predicted molar refractivity (Wildman–Crippen MR) is 57.2 cm³/mol. The fourth-order valence-electron chi connectivity index (χ4n) is 1.04. The Balaban J connectivity index is 2.51. The molecule has 0 heterocycles. The number of nitrogens with zero attached hydrogens (tertiary/aromatic N) is 1. The number of benzene rings is 1. The molecular weight excluding hydrogens is 197 g/mol. The molecule has 0 spiro atoms. The van der Waals surface area contributed by atoms with Gasteiger partial charge in [0.2, 0.25) is 0 Å². The quantitative estimate of drug-likeness (QED) is 0.573. The maximum absolute atomic E-state index is 12.8. The van der Waals surface area contributed by atoms with Crippen LogP contribution in [-0.2, 0) is 0 Å². The fraction of sp³-hybridized carbons (Fsp3) is 0.300. The minimum absolute atomic E-state index is 0.0182. The highest BCUT2D eigenvalue weighted by atomic mass is 19.1. The van der Waals surface area contributed by atoms with E-state index in [1.807, 2.05) is 0 Å². The Bertz CT molecular complexity index is 350. The topological polar surface area (TPSA) is 73.6 Å². The fourth-order valence-corrected chi connectivity index (χ4v) is 1.04. The van der Waals surface area contributed by atoms with Gasteiger partial charge in [0.05, 0.1) is 6.54 Å². The van der Waals surface area contributed by atoms with E-state index in [0.29, 0.717) is 12.3 Å². The molecule has 0 aromatic heterocycles. The Morgan fingerprint density at radius 1 is 1.53 bits per heavy atom. The predicted octanol–water partition coefficient (Wildman–Crippen LogP) is 0.866. The number of halogens is 1. The molecule has 0 aliphatic heterocycles. The molecular formula is C10H14FN3O. The number of nitrogens with two attached hydrogens (primary N) is 2. The van der Waals surface area contributed by atoms with Crippen molar-refractivity contribution in [2.24, 2.45) is 16.5 Å². The highest BCUT2D eigenvalue weighted by Crippen LogP contribution is 2.13. The van der Waals surface area contributed by atoms with Gasteiger partial charge in [-0.15, -0.1) is 0 Å². The number of ether oxygens (including phenoxy) is 1. The van der Waals surface area contributed by atoms with Crippen LogP contribution in [-0.4, -0.2) is 18.6 Å². The normalized spacial score (nSPS) is 11.9. The van der Waals surface area contributed by atoms with Crippen LogP contribution in [0.15, 0.2) is 29.3 Å². The molecule has 0 fully saturated rings. The summed E-state index contributed by atoms with van der Waals surface area (Å²) in [5.74, 6) is 0.152. The van der Waals surface area contributed by atoms with Crippen LogP contribution >= 0.6 is 0 Å². The van der Waals surface area contributed by atoms with E-state index in [1.165, 1.54) is 12.1 Å². The molecule has 1 rings (SSSR count). The third-order valence-corrected chi connectivity index (χ3v) is 1.66. The number of rotatable bonds is 4. The first-order valence-corrected chi connectivity index (χ1v) is 4.55.